The van der Waals surface area contributed by atoms with Crippen molar-refractivity contribution in [3.05, 3.63) is 32.6 Å². The highest BCUT2D eigenvalue weighted by molar-refractivity contribution is 7.89. The second-order valence-corrected chi connectivity index (χ2v) is 9.79. The van der Waals surface area contributed by atoms with Crippen molar-refractivity contribution < 1.29 is 37.1 Å². The van der Waals surface area contributed by atoms with E-state index in [2.05, 4.69) is 4.52 Å². The van der Waals surface area contributed by atoms with Crippen LogP contribution in [0.4, 0.5) is 0 Å². The van der Waals surface area contributed by atoms with Crippen LogP contribution in [-0.4, -0.2) is 74.3 Å². The first kappa shape index (κ1) is 20.4. The van der Waals surface area contributed by atoms with Crippen LogP contribution in [0, 0.1) is 6.92 Å². The number of hydrogen-bond acceptors (Lipinski definition) is 8. The zero-order chi connectivity index (χ0) is 20.4. The van der Waals surface area contributed by atoms with Crippen LogP contribution < -0.4 is 11.2 Å². The molecule has 1 aromatic heterocycles. The number of rotatable bonds is 4. The van der Waals surface area contributed by atoms with Gasteiger partial charge in [-0.3, -0.25) is 18.9 Å². The second-order valence-electron chi connectivity index (χ2n) is 6.52. The molecule has 0 amide bonds. The van der Waals surface area contributed by atoms with Gasteiger partial charge in [0.2, 0.25) is 10.0 Å². The Morgan fingerprint density at radius 3 is 2.67 bits per heavy atom. The molecule has 3 heterocycles. The number of likely N-dealkylation sites (N-methyl/N-ethyl adjacent to an activating group) is 1. The molecule has 0 saturated carbocycles. The SMILES string of the molecule is Cc1cn([C@@H]2O[C@@]3(COP(=O)(O)O)CS(=O)(=O)N(C)[C@@H]2[C@@H]3O)c(=O)[nH]c1=O. The Bertz CT molecular complexity index is 1030. The summed E-state index contributed by atoms with van der Waals surface area (Å²) in [5.74, 6) is -0.818. The van der Waals surface area contributed by atoms with Crippen molar-refractivity contribution in [3.63, 3.8) is 0 Å². The molecule has 2 saturated heterocycles. The van der Waals surface area contributed by atoms with E-state index in [9.17, 15) is 27.7 Å². The molecule has 0 spiro atoms. The summed E-state index contributed by atoms with van der Waals surface area (Å²) < 4.78 is 47.7. The number of nitrogens with one attached hydrogen (secondary N) is 1. The molecule has 0 aliphatic carbocycles. The Hall–Kier alpha value is -1.38. The Morgan fingerprint density at radius 2 is 2.07 bits per heavy atom. The van der Waals surface area contributed by atoms with Crippen molar-refractivity contribution >= 4 is 17.8 Å². The van der Waals surface area contributed by atoms with E-state index < -0.39 is 65.4 Å². The van der Waals surface area contributed by atoms with Gasteiger partial charge in [-0.2, -0.15) is 4.31 Å². The molecule has 4 atom stereocenters. The maximum Gasteiger partial charge on any atom is 0.469 e. The van der Waals surface area contributed by atoms with Gasteiger partial charge in [0.25, 0.3) is 5.56 Å². The number of fused-ring (bicyclic) bond motifs is 2. The van der Waals surface area contributed by atoms with Crippen LogP contribution in [0.5, 0.6) is 0 Å². The van der Waals surface area contributed by atoms with E-state index in [4.69, 9.17) is 14.5 Å². The quantitative estimate of drug-likeness (QED) is 0.366. The fourth-order valence-corrected chi connectivity index (χ4v) is 5.41. The van der Waals surface area contributed by atoms with Gasteiger partial charge in [-0.15, -0.1) is 0 Å². The number of nitrogens with zero attached hydrogens (tertiary/aromatic N) is 2. The Labute approximate surface area is 152 Å². The van der Waals surface area contributed by atoms with Gasteiger partial charge in [-0.1, -0.05) is 0 Å². The van der Waals surface area contributed by atoms with Crippen LogP contribution in [0.15, 0.2) is 15.8 Å². The monoisotopic (exact) mass is 427 g/mol. The molecule has 152 valence electrons. The molecule has 0 radical (unpaired) electrons. The van der Waals surface area contributed by atoms with Gasteiger partial charge in [0.15, 0.2) is 6.23 Å². The number of aromatic nitrogens is 2. The van der Waals surface area contributed by atoms with E-state index in [0.29, 0.717) is 0 Å². The minimum Gasteiger partial charge on any atom is -0.388 e. The molecule has 2 aliphatic rings. The number of hydrogen-bond donors (Lipinski definition) is 4. The number of H-pyrrole nitrogens is 1. The summed E-state index contributed by atoms with van der Waals surface area (Å²) in [5.41, 5.74) is -3.41. The Morgan fingerprint density at radius 1 is 1.44 bits per heavy atom. The topological polar surface area (TPSA) is 188 Å². The van der Waals surface area contributed by atoms with Crippen LogP contribution >= 0.6 is 7.82 Å². The predicted molar refractivity (Wildman–Crippen MR) is 88.3 cm³/mol. The Balaban J connectivity index is 2.11. The summed E-state index contributed by atoms with van der Waals surface area (Å²) in [4.78, 5) is 43.7. The van der Waals surface area contributed by atoms with Crippen LogP contribution in [0.25, 0.3) is 0 Å². The van der Waals surface area contributed by atoms with Gasteiger partial charge < -0.3 is 19.6 Å². The molecule has 2 fully saturated rings. The lowest BCUT2D eigenvalue weighted by Gasteiger charge is -2.39. The molecule has 15 heteroatoms. The van der Waals surface area contributed by atoms with Crippen LogP contribution in [0.1, 0.15) is 11.8 Å². The summed E-state index contributed by atoms with van der Waals surface area (Å²) in [6.45, 7) is 0.495. The number of phosphoric acid groups is 1. The maximum atomic E-state index is 12.4. The average molecular weight is 427 g/mol. The van der Waals surface area contributed by atoms with Crippen molar-refractivity contribution in [2.24, 2.45) is 0 Å². The molecule has 2 aliphatic heterocycles. The highest BCUT2D eigenvalue weighted by Gasteiger charge is 2.65. The summed E-state index contributed by atoms with van der Waals surface area (Å²) >= 11 is 0. The third-order valence-electron chi connectivity index (χ3n) is 4.69. The molecule has 3 rings (SSSR count). The second kappa shape index (κ2) is 6.32. The number of aromatic amines is 1. The minimum absolute atomic E-state index is 0.139. The predicted octanol–water partition coefficient (Wildman–Crippen LogP) is -2.77. The molecule has 4 N–H and O–H groups in total. The maximum absolute atomic E-state index is 12.4. The van der Waals surface area contributed by atoms with Crippen molar-refractivity contribution in [3.8, 4) is 0 Å². The molecular weight excluding hydrogens is 409 g/mol. The summed E-state index contributed by atoms with van der Waals surface area (Å²) in [7, 11) is -7.80. The van der Waals surface area contributed by atoms with Crippen molar-refractivity contribution in [1.29, 1.82) is 0 Å². The summed E-state index contributed by atoms with van der Waals surface area (Å²) in [6, 6.07) is -1.29. The fraction of sp³-hybridized carbons (Fsp3) is 0.667. The van der Waals surface area contributed by atoms with E-state index >= 15 is 0 Å². The first-order chi connectivity index (χ1) is 12.3. The normalized spacial score (nSPS) is 33.3. The molecule has 0 aromatic carbocycles. The lowest BCUT2D eigenvalue weighted by Crippen LogP contribution is -2.62. The van der Waals surface area contributed by atoms with E-state index in [0.717, 1.165) is 15.1 Å². The lowest BCUT2D eigenvalue weighted by molar-refractivity contribution is -0.112. The van der Waals surface area contributed by atoms with Crippen molar-refractivity contribution in [2.45, 2.75) is 30.9 Å². The van der Waals surface area contributed by atoms with E-state index in [1.807, 2.05) is 4.98 Å². The first-order valence-electron chi connectivity index (χ1n) is 7.61. The molecule has 0 unspecified atom stereocenters. The number of phosphoric ester groups is 1. The third-order valence-corrected chi connectivity index (χ3v) is 7.13. The smallest absolute Gasteiger partial charge is 0.388 e. The van der Waals surface area contributed by atoms with Gasteiger partial charge in [-0.05, 0) is 6.92 Å². The number of aliphatic hydroxyl groups is 1. The third kappa shape index (κ3) is 3.43. The fourth-order valence-electron chi connectivity index (χ4n) is 3.29. The molecule has 1 aromatic rings. The highest BCUT2D eigenvalue weighted by atomic mass is 32.2. The largest absolute Gasteiger partial charge is 0.469 e. The molecular formula is C12H18N3O10PS. The Kier molecular flexibility index (Phi) is 4.76. The highest BCUT2D eigenvalue weighted by Crippen LogP contribution is 2.47. The summed E-state index contributed by atoms with van der Waals surface area (Å²) in [5, 5.41) is 10.7. The molecule has 2 bridgehead atoms. The van der Waals surface area contributed by atoms with E-state index in [-0.39, 0.29) is 5.56 Å². The minimum atomic E-state index is -4.98. The average Bonchev–Trinajstić information content (AvgIpc) is 2.74. The molecule has 13 nitrogen and oxygen atoms in total. The lowest BCUT2D eigenvalue weighted by atomic mass is 9.96. The number of sulfonamides is 1. The first-order valence-corrected chi connectivity index (χ1v) is 10.8. The zero-order valence-electron chi connectivity index (χ0n) is 14.2. The number of ether oxygens (including phenoxy) is 1. The van der Waals surface area contributed by atoms with Gasteiger partial charge in [0.05, 0.1) is 18.4 Å². The van der Waals surface area contributed by atoms with Crippen molar-refractivity contribution in [1.82, 2.24) is 13.9 Å². The van der Waals surface area contributed by atoms with Crippen molar-refractivity contribution in [2.75, 3.05) is 19.4 Å². The van der Waals surface area contributed by atoms with Crippen LogP contribution in [0.2, 0.25) is 0 Å². The zero-order valence-corrected chi connectivity index (χ0v) is 15.9. The van der Waals surface area contributed by atoms with Gasteiger partial charge in [0.1, 0.15) is 11.7 Å². The van der Waals surface area contributed by atoms with Crippen LogP contribution in [-0.2, 0) is 23.8 Å². The van der Waals surface area contributed by atoms with Crippen LogP contribution in [0.3, 0.4) is 0 Å². The number of aryl methyl sites for hydroxylation is 1. The van der Waals surface area contributed by atoms with E-state index in [1.54, 1.807) is 0 Å². The van der Waals surface area contributed by atoms with Gasteiger partial charge in [0, 0.05) is 18.8 Å². The van der Waals surface area contributed by atoms with E-state index in [1.165, 1.54) is 14.0 Å². The van der Waals surface area contributed by atoms with Gasteiger partial charge in [-0.25, -0.2) is 17.8 Å². The van der Waals surface area contributed by atoms with Gasteiger partial charge >= 0.3 is 13.5 Å². The molecule has 27 heavy (non-hydrogen) atoms. The summed E-state index contributed by atoms with van der Waals surface area (Å²) in [6.07, 6.45) is -1.76. The number of aliphatic hydroxyl groups excluding tert-OH is 1. The standard InChI is InChI=1S/C12H18N3O10PS/c1-6-3-15(11(18)13-9(6)17)10-7-8(16)12(25-10,4-24-26(19,20)21)5-27(22,23)14(7)2/h3,7-8,10,16H,4-5H2,1-2H3,(H,13,17,18)(H2,19,20,21)/t7-,8+,10-,12+/m1/s1.